The topological polar surface area (TPSA) is 237 Å². The molecule has 618 valence electrons. The first-order chi connectivity index (χ1) is 50.1. The van der Waals surface area contributed by atoms with Crippen molar-refractivity contribution >= 4 is 39.5 Å². The van der Waals surface area contributed by atoms with Crippen molar-refractivity contribution in [2.45, 2.75) is 459 Å². The Morgan fingerprint density at radius 1 is 0.269 bits per heavy atom. The van der Waals surface area contributed by atoms with Crippen LogP contribution < -0.4 is 0 Å². The van der Waals surface area contributed by atoms with Crippen LogP contribution in [0.5, 0.6) is 0 Å². The molecule has 0 aliphatic carbocycles. The zero-order chi connectivity index (χ0) is 76.7. The molecule has 0 saturated heterocycles. The molecule has 6 atom stereocenters. The molecule has 0 amide bonds. The molecule has 0 spiro atoms. The Hall–Kier alpha value is -1.94. The number of aliphatic hydroxyl groups excluding tert-OH is 1. The summed E-state index contributed by atoms with van der Waals surface area (Å²) in [5.74, 6) is 1.03. The highest BCUT2D eigenvalue weighted by Gasteiger charge is 2.30. The van der Waals surface area contributed by atoms with E-state index in [1.54, 1.807) is 0 Å². The van der Waals surface area contributed by atoms with E-state index in [-0.39, 0.29) is 25.7 Å². The number of aliphatic hydroxyl groups is 1. The minimum Gasteiger partial charge on any atom is -0.462 e. The highest BCUT2D eigenvalue weighted by molar-refractivity contribution is 7.47. The summed E-state index contributed by atoms with van der Waals surface area (Å²) in [7, 11) is -9.93. The van der Waals surface area contributed by atoms with Crippen LogP contribution in [-0.4, -0.2) is 96.7 Å². The van der Waals surface area contributed by atoms with Gasteiger partial charge in [-0.3, -0.25) is 37.3 Å². The smallest absolute Gasteiger partial charge is 0.462 e. The molecular weight excluding hydrogens is 1350 g/mol. The monoisotopic (exact) mass is 1520 g/mol. The zero-order valence-electron chi connectivity index (χ0n) is 68.7. The summed E-state index contributed by atoms with van der Waals surface area (Å²) in [6, 6.07) is 0. The van der Waals surface area contributed by atoms with Crippen molar-refractivity contribution in [1.29, 1.82) is 0 Å². The van der Waals surface area contributed by atoms with Gasteiger partial charge in [0.2, 0.25) is 0 Å². The van der Waals surface area contributed by atoms with Crippen LogP contribution in [0, 0.1) is 23.7 Å². The lowest BCUT2D eigenvalue weighted by Gasteiger charge is -2.21. The highest BCUT2D eigenvalue weighted by Crippen LogP contribution is 2.45. The van der Waals surface area contributed by atoms with E-state index in [9.17, 15) is 43.2 Å². The van der Waals surface area contributed by atoms with Crippen LogP contribution >= 0.6 is 15.6 Å². The molecule has 0 heterocycles. The molecular formula is C85H166O17P2. The molecule has 0 saturated carbocycles. The lowest BCUT2D eigenvalue weighted by atomic mass is 9.99. The summed E-state index contributed by atoms with van der Waals surface area (Å²) in [5, 5.41) is 10.7. The van der Waals surface area contributed by atoms with E-state index in [1.165, 1.54) is 238 Å². The average molecular weight is 1520 g/mol. The highest BCUT2D eigenvalue weighted by atomic mass is 31.2. The maximum Gasteiger partial charge on any atom is 0.472 e. The largest absolute Gasteiger partial charge is 0.472 e. The first-order valence-corrected chi connectivity index (χ1v) is 46.7. The van der Waals surface area contributed by atoms with Crippen molar-refractivity contribution < 1.29 is 80.2 Å². The van der Waals surface area contributed by atoms with Gasteiger partial charge in [0.05, 0.1) is 26.4 Å². The fourth-order valence-corrected chi connectivity index (χ4v) is 14.7. The molecule has 0 rings (SSSR count). The number of carbonyl (C=O) groups excluding carboxylic acids is 4. The van der Waals surface area contributed by atoms with E-state index in [1.807, 2.05) is 0 Å². The third kappa shape index (κ3) is 76.8. The molecule has 0 aromatic heterocycles. The molecule has 0 aromatic rings. The van der Waals surface area contributed by atoms with Crippen molar-refractivity contribution in [2.24, 2.45) is 23.7 Å². The van der Waals surface area contributed by atoms with Gasteiger partial charge in [-0.25, -0.2) is 9.13 Å². The summed E-state index contributed by atoms with van der Waals surface area (Å²) in [6.45, 7) is 14.3. The summed E-state index contributed by atoms with van der Waals surface area (Å²) >= 11 is 0. The molecule has 0 fully saturated rings. The summed E-state index contributed by atoms with van der Waals surface area (Å²) in [4.78, 5) is 73.1. The second kappa shape index (κ2) is 73.8. The Balaban J connectivity index is 5.22. The van der Waals surface area contributed by atoms with Gasteiger partial charge in [0, 0.05) is 25.7 Å². The van der Waals surface area contributed by atoms with Gasteiger partial charge in [0.15, 0.2) is 12.2 Å². The number of phosphoric acid groups is 2. The van der Waals surface area contributed by atoms with Crippen LogP contribution in [0.1, 0.15) is 441 Å². The van der Waals surface area contributed by atoms with Gasteiger partial charge in [-0.2, -0.15) is 0 Å². The van der Waals surface area contributed by atoms with E-state index in [0.717, 1.165) is 114 Å². The van der Waals surface area contributed by atoms with Gasteiger partial charge in [0.1, 0.15) is 19.3 Å². The van der Waals surface area contributed by atoms with Crippen molar-refractivity contribution in [3.63, 3.8) is 0 Å². The second-order valence-electron chi connectivity index (χ2n) is 32.2. The van der Waals surface area contributed by atoms with Gasteiger partial charge in [-0.15, -0.1) is 0 Å². The Morgan fingerprint density at radius 2 is 0.462 bits per heavy atom. The summed E-state index contributed by atoms with van der Waals surface area (Å²) in [5.41, 5.74) is 0. The summed E-state index contributed by atoms with van der Waals surface area (Å²) < 4.78 is 68.8. The van der Waals surface area contributed by atoms with Crippen LogP contribution in [0.15, 0.2) is 0 Å². The standard InChI is InChI=1S/C85H166O17P2/c1-9-78(8)64-56-48-39-33-27-21-17-18-24-30-36-42-52-60-67-84(89)101-80(71-95-82(87)65-57-49-40-34-28-22-15-11-10-13-19-25-31-37-45-53-61-75(2)3)73-99-103(91,92)97-69-79(86)70-98-104(93,94)100-74-81(72-96-83(88)66-58-50-44-43-47-55-63-77(6)7)102-85(90)68-59-51-41-35-29-23-16-12-14-20-26-32-38-46-54-62-76(4)5/h75-81,86H,9-74H2,1-8H3,(H,91,92)(H,93,94)/t78?,79?,80-,81-/m1/s1. The zero-order valence-corrected chi connectivity index (χ0v) is 70.5. The number of rotatable bonds is 82. The second-order valence-corrected chi connectivity index (χ2v) is 35.2. The molecule has 0 bridgehead atoms. The number of esters is 4. The van der Waals surface area contributed by atoms with Crippen molar-refractivity contribution in [2.75, 3.05) is 39.6 Å². The molecule has 19 heteroatoms. The van der Waals surface area contributed by atoms with Crippen LogP contribution in [0.2, 0.25) is 0 Å². The van der Waals surface area contributed by atoms with E-state index in [0.29, 0.717) is 31.6 Å². The molecule has 4 unspecified atom stereocenters. The van der Waals surface area contributed by atoms with E-state index in [4.69, 9.17) is 37.0 Å². The van der Waals surface area contributed by atoms with Crippen molar-refractivity contribution in [3.05, 3.63) is 0 Å². The van der Waals surface area contributed by atoms with Crippen LogP contribution in [0.4, 0.5) is 0 Å². The molecule has 17 nitrogen and oxygen atoms in total. The molecule has 0 aliphatic rings. The third-order valence-electron chi connectivity index (χ3n) is 20.2. The predicted octanol–water partition coefficient (Wildman–Crippen LogP) is 25.6. The van der Waals surface area contributed by atoms with E-state index < -0.39 is 97.5 Å². The minimum atomic E-state index is -4.97. The van der Waals surface area contributed by atoms with Gasteiger partial charge in [-0.05, 0) is 49.4 Å². The van der Waals surface area contributed by atoms with Gasteiger partial charge >= 0.3 is 39.5 Å². The first-order valence-electron chi connectivity index (χ1n) is 43.7. The Morgan fingerprint density at radius 3 is 0.683 bits per heavy atom. The molecule has 104 heavy (non-hydrogen) atoms. The van der Waals surface area contributed by atoms with Crippen molar-refractivity contribution in [3.8, 4) is 0 Å². The van der Waals surface area contributed by atoms with E-state index in [2.05, 4.69) is 55.4 Å². The lowest BCUT2D eigenvalue weighted by Crippen LogP contribution is -2.30. The normalized spacial score (nSPS) is 14.2. The number of hydrogen-bond donors (Lipinski definition) is 3. The lowest BCUT2D eigenvalue weighted by molar-refractivity contribution is -0.161. The predicted molar refractivity (Wildman–Crippen MR) is 428 cm³/mol. The molecule has 0 aliphatic heterocycles. The number of phosphoric ester groups is 2. The molecule has 0 aromatic carbocycles. The van der Waals surface area contributed by atoms with E-state index >= 15 is 0 Å². The van der Waals surface area contributed by atoms with Gasteiger partial charge in [-0.1, -0.05) is 389 Å². The molecule has 0 radical (unpaired) electrons. The quantitative estimate of drug-likeness (QED) is 0.0222. The van der Waals surface area contributed by atoms with Gasteiger partial charge < -0.3 is 33.8 Å². The maximum atomic E-state index is 13.1. The Kier molecular flexibility index (Phi) is 72.5. The molecule has 3 N–H and O–H groups in total. The SMILES string of the molecule is CCC(C)CCCCCCCCCCCCCCCCC(=O)O[C@H](COC(=O)CCCCCCCCCCCCCCCCCCC(C)C)COP(=O)(O)OCC(O)COP(=O)(O)OC[C@@H](COC(=O)CCCCCCCCC(C)C)OC(=O)CCCCCCCCCCCCCCCCCC(C)C. The minimum absolute atomic E-state index is 0.106. The fraction of sp³-hybridized carbons (Fsp3) is 0.953. The fourth-order valence-electron chi connectivity index (χ4n) is 13.1. The number of hydrogen-bond acceptors (Lipinski definition) is 15. The van der Waals surface area contributed by atoms with Crippen LogP contribution in [0.3, 0.4) is 0 Å². The first kappa shape index (κ1) is 102. The number of unbranched alkanes of at least 4 members (excludes halogenated alkanes) is 47. The van der Waals surface area contributed by atoms with Crippen LogP contribution in [-0.2, 0) is 65.4 Å². The Labute approximate surface area is 638 Å². The van der Waals surface area contributed by atoms with Gasteiger partial charge in [0.25, 0.3) is 0 Å². The third-order valence-corrected chi connectivity index (χ3v) is 22.1. The summed E-state index contributed by atoms with van der Waals surface area (Å²) in [6.07, 6.45) is 62.6. The Bertz CT molecular complexity index is 2030. The average Bonchev–Trinajstić information content (AvgIpc) is 0.924. The number of ether oxygens (including phenoxy) is 4. The number of carbonyl (C=O) groups is 4. The van der Waals surface area contributed by atoms with Crippen molar-refractivity contribution in [1.82, 2.24) is 0 Å². The maximum absolute atomic E-state index is 13.1. The van der Waals surface area contributed by atoms with Crippen LogP contribution in [0.25, 0.3) is 0 Å².